The normalized spacial score (nSPS) is 31.6. The fourth-order valence-electron chi connectivity index (χ4n) is 4.25. The number of aliphatic hydroxyl groups excluding tert-OH is 1. The van der Waals surface area contributed by atoms with Crippen molar-refractivity contribution in [1.29, 1.82) is 0 Å². The monoisotopic (exact) mass is 362 g/mol. The smallest absolute Gasteiger partial charge is 0.236 e. The van der Waals surface area contributed by atoms with Gasteiger partial charge in [-0.2, -0.15) is 0 Å². The van der Waals surface area contributed by atoms with Crippen molar-refractivity contribution in [2.45, 2.75) is 57.3 Å². The molecule has 3 unspecified atom stereocenters. The van der Waals surface area contributed by atoms with Gasteiger partial charge in [-0.1, -0.05) is 0 Å². The Morgan fingerprint density at radius 2 is 2.17 bits per heavy atom. The van der Waals surface area contributed by atoms with E-state index in [4.69, 9.17) is 9.47 Å². The molecular weight excluding hydrogens is 332 g/mol. The fraction of sp³-hybridized carbons (Fsp3) is 0.941. The SMILES string of the molecule is CCOC1CC(O)C12CCN(C(=O)CNCC1CCCO1)CC2.Cl. The number of ether oxygens (including phenoxy) is 2. The molecule has 1 spiro atoms. The predicted molar refractivity (Wildman–Crippen MR) is 93.4 cm³/mol. The maximum Gasteiger partial charge on any atom is 0.236 e. The first-order valence-corrected chi connectivity index (χ1v) is 9.05. The second-order valence-corrected chi connectivity index (χ2v) is 7.08. The van der Waals surface area contributed by atoms with E-state index >= 15 is 0 Å². The molecule has 2 N–H and O–H groups in total. The first-order chi connectivity index (χ1) is 11.2. The standard InChI is InChI=1S/C17H30N2O4.ClH/c1-2-22-15-10-14(20)17(15)5-7-19(8-6-17)16(21)12-18-11-13-4-3-9-23-13;/h13-15,18,20H,2-12H2,1H3;1H. The minimum Gasteiger partial charge on any atom is -0.392 e. The Bertz CT molecular complexity index is 407. The van der Waals surface area contributed by atoms with Gasteiger partial charge in [0.25, 0.3) is 0 Å². The molecule has 1 amide bonds. The number of piperidine rings is 1. The number of nitrogens with zero attached hydrogens (tertiary/aromatic N) is 1. The zero-order valence-corrected chi connectivity index (χ0v) is 15.4. The van der Waals surface area contributed by atoms with E-state index in [9.17, 15) is 9.90 Å². The largest absolute Gasteiger partial charge is 0.392 e. The molecule has 6 nitrogen and oxygen atoms in total. The number of halogens is 1. The van der Waals surface area contributed by atoms with E-state index in [2.05, 4.69) is 5.32 Å². The highest BCUT2D eigenvalue weighted by atomic mass is 35.5. The van der Waals surface area contributed by atoms with Crippen molar-refractivity contribution in [3.05, 3.63) is 0 Å². The summed E-state index contributed by atoms with van der Waals surface area (Å²) in [6.45, 7) is 6.12. The van der Waals surface area contributed by atoms with Crippen LogP contribution in [-0.2, 0) is 14.3 Å². The third-order valence-corrected chi connectivity index (χ3v) is 5.83. The molecule has 0 aromatic carbocycles. The number of carbonyl (C=O) groups is 1. The van der Waals surface area contributed by atoms with Crippen molar-refractivity contribution in [3.8, 4) is 0 Å². The highest BCUT2D eigenvalue weighted by Gasteiger charge is 2.56. The molecule has 7 heteroatoms. The number of carbonyl (C=O) groups excluding carboxylic acids is 1. The molecule has 3 atom stereocenters. The van der Waals surface area contributed by atoms with E-state index in [-0.39, 0.29) is 42.0 Å². The van der Waals surface area contributed by atoms with E-state index in [1.807, 2.05) is 11.8 Å². The van der Waals surface area contributed by atoms with Crippen LogP contribution in [0.1, 0.15) is 39.0 Å². The van der Waals surface area contributed by atoms with Crippen LogP contribution in [-0.4, -0.2) is 73.6 Å². The zero-order chi connectivity index (χ0) is 16.3. The topological polar surface area (TPSA) is 71.0 Å². The van der Waals surface area contributed by atoms with E-state index in [0.717, 1.165) is 58.3 Å². The van der Waals surface area contributed by atoms with Gasteiger partial charge in [0.1, 0.15) is 0 Å². The Morgan fingerprint density at radius 1 is 1.42 bits per heavy atom. The minimum absolute atomic E-state index is 0. The van der Waals surface area contributed by atoms with Crippen LogP contribution in [0, 0.1) is 5.41 Å². The number of aliphatic hydroxyl groups is 1. The van der Waals surface area contributed by atoms with Crippen molar-refractivity contribution < 1.29 is 19.4 Å². The van der Waals surface area contributed by atoms with Gasteiger partial charge in [0.05, 0.1) is 24.9 Å². The van der Waals surface area contributed by atoms with Crippen molar-refractivity contribution in [1.82, 2.24) is 10.2 Å². The first-order valence-electron chi connectivity index (χ1n) is 9.05. The molecule has 2 heterocycles. The summed E-state index contributed by atoms with van der Waals surface area (Å²) in [6, 6.07) is 0. The van der Waals surface area contributed by atoms with E-state index in [0.29, 0.717) is 13.2 Å². The molecule has 3 fully saturated rings. The number of hydrogen-bond acceptors (Lipinski definition) is 5. The van der Waals surface area contributed by atoms with E-state index in [1.54, 1.807) is 0 Å². The van der Waals surface area contributed by atoms with Crippen LogP contribution >= 0.6 is 12.4 Å². The lowest BCUT2D eigenvalue weighted by atomic mass is 9.58. The molecule has 0 bridgehead atoms. The maximum absolute atomic E-state index is 12.3. The summed E-state index contributed by atoms with van der Waals surface area (Å²) in [7, 11) is 0. The van der Waals surface area contributed by atoms with Crippen molar-refractivity contribution in [2.24, 2.45) is 5.41 Å². The van der Waals surface area contributed by atoms with Gasteiger partial charge in [0, 0.05) is 44.7 Å². The third-order valence-electron chi connectivity index (χ3n) is 5.83. The predicted octanol–water partition coefficient (Wildman–Crippen LogP) is 0.955. The Hall–Kier alpha value is -0.400. The molecule has 2 aliphatic heterocycles. The average molecular weight is 363 g/mol. The van der Waals surface area contributed by atoms with Crippen LogP contribution in [0.5, 0.6) is 0 Å². The van der Waals surface area contributed by atoms with Gasteiger partial charge in [-0.25, -0.2) is 0 Å². The summed E-state index contributed by atoms with van der Waals surface area (Å²) < 4.78 is 11.3. The van der Waals surface area contributed by atoms with E-state index in [1.165, 1.54) is 0 Å². The van der Waals surface area contributed by atoms with Crippen molar-refractivity contribution >= 4 is 18.3 Å². The van der Waals surface area contributed by atoms with Gasteiger partial charge in [-0.15, -0.1) is 12.4 Å². The lowest BCUT2D eigenvalue weighted by Gasteiger charge is -2.56. The van der Waals surface area contributed by atoms with Crippen LogP contribution in [0.4, 0.5) is 0 Å². The summed E-state index contributed by atoms with van der Waals surface area (Å²) in [4.78, 5) is 14.2. The highest BCUT2D eigenvalue weighted by molar-refractivity contribution is 5.85. The zero-order valence-electron chi connectivity index (χ0n) is 14.5. The Morgan fingerprint density at radius 3 is 2.75 bits per heavy atom. The minimum atomic E-state index is -0.269. The van der Waals surface area contributed by atoms with Gasteiger partial charge in [-0.3, -0.25) is 4.79 Å². The van der Waals surface area contributed by atoms with Crippen LogP contribution < -0.4 is 5.32 Å². The van der Waals surface area contributed by atoms with E-state index < -0.39 is 0 Å². The van der Waals surface area contributed by atoms with Gasteiger partial charge >= 0.3 is 0 Å². The van der Waals surface area contributed by atoms with Crippen molar-refractivity contribution in [2.75, 3.05) is 39.4 Å². The lowest BCUT2D eigenvalue weighted by Crippen LogP contribution is -2.63. The Kier molecular flexibility index (Phi) is 7.31. The number of likely N-dealkylation sites (tertiary alicyclic amines) is 1. The molecule has 1 aliphatic carbocycles. The molecule has 0 aromatic rings. The summed E-state index contributed by atoms with van der Waals surface area (Å²) in [6.07, 6.45) is 4.80. The Labute approximate surface area is 150 Å². The second-order valence-electron chi connectivity index (χ2n) is 7.08. The van der Waals surface area contributed by atoms with Crippen LogP contribution in [0.25, 0.3) is 0 Å². The summed E-state index contributed by atoms with van der Waals surface area (Å²) >= 11 is 0. The molecule has 3 aliphatic rings. The molecule has 0 radical (unpaired) electrons. The van der Waals surface area contributed by atoms with Crippen molar-refractivity contribution in [3.63, 3.8) is 0 Å². The van der Waals surface area contributed by atoms with Gasteiger partial charge < -0.3 is 24.8 Å². The van der Waals surface area contributed by atoms with Gasteiger partial charge in [-0.05, 0) is 32.6 Å². The van der Waals surface area contributed by atoms with Gasteiger partial charge in [0.15, 0.2) is 0 Å². The van der Waals surface area contributed by atoms with Crippen LogP contribution in [0.3, 0.4) is 0 Å². The summed E-state index contributed by atoms with van der Waals surface area (Å²) in [5, 5.41) is 13.4. The molecule has 1 saturated carbocycles. The number of rotatable bonds is 6. The number of hydrogen-bond donors (Lipinski definition) is 2. The molecule has 3 rings (SSSR count). The van der Waals surface area contributed by atoms with Crippen LogP contribution in [0.2, 0.25) is 0 Å². The second kappa shape index (κ2) is 8.81. The van der Waals surface area contributed by atoms with Gasteiger partial charge in [0.2, 0.25) is 5.91 Å². The fourth-order valence-corrected chi connectivity index (χ4v) is 4.25. The third kappa shape index (κ3) is 4.05. The molecule has 2 saturated heterocycles. The average Bonchev–Trinajstić information content (AvgIpc) is 3.08. The quantitative estimate of drug-likeness (QED) is 0.736. The molecular formula is C17H31ClN2O4. The number of nitrogens with one attached hydrogen (secondary N) is 1. The molecule has 24 heavy (non-hydrogen) atoms. The summed E-state index contributed by atoms with van der Waals surface area (Å²) in [5.74, 6) is 0.152. The van der Waals surface area contributed by atoms with Crippen LogP contribution in [0.15, 0.2) is 0 Å². The first kappa shape index (κ1) is 19.9. The lowest BCUT2D eigenvalue weighted by molar-refractivity contribution is -0.209. The molecule has 0 aromatic heterocycles. The Balaban J connectivity index is 0.00000208. The summed E-state index contributed by atoms with van der Waals surface area (Å²) in [5.41, 5.74) is -0.113. The number of amides is 1. The maximum atomic E-state index is 12.3. The highest BCUT2D eigenvalue weighted by Crippen LogP contribution is 2.50. The molecule has 140 valence electrons.